The van der Waals surface area contributed by atoms with E-state index < -0.39 is 6.04 Å². The Kier molecular flexibility index (Phi) is 10.0. The number of nitrogens with zero attached hydrogens (tertiary/aromatic N) is 3. The van der Waals surface area contributed by atoms with Gasteiger partial charge in [-0.05, 0) is 60.7 Å². The predicted octanol–water partition coefficient (Wildman–Crippen LogP) is 3.61. The summed E-state index contributed by atoms with van der Waals surface area (Å²) in [6, 6.07) is 24.3. The molecule has 2 fully saturated rings. The van der Waals surface area contributed by atoms with Crippen LogP contribution in [0.15, 0.2) is 72.8 Å². The van der Waals surface area contributed by atoms with Gasteiger partial charge in [-0.15, -0.1) is 0 Å². The first-order valence-corrected chi connectivity index (χ1v) is 16.7. The number of hydrogen-bond acceptors (Lipinski definition) is 6. The van der Waals surface area contributed by atoms with Gasteiger partial charge in [-0.25, -0.2) is 0 Å². The quantitative estimate of drug-likeness (QED) is 0.354. The lowest BCUT2D eigenvalue weighted by molar-refractivity contribution is -0.137. The lowest BCUT2D eigenvalue weighted by Crippen LogP contribution is -2.58. The number of hydrogen-bond donors (Lipinski definition) is 3. The fourth-order valence-corrected chi connectivity index (χ4v) is 6.97. The molecule has 45 heavy (non-hydrogen) atoms. The zero-order valence-electron chi connectivity index (χ0n) is 26.3. The summed E-state index contributed by atoms with van der Waals surface area (Å²) in [5.74, 6) is -0.174. The summed E-state index contributed by atoms with van der Waals surface area (Å²) in [4.78, 5) is 34.5. The van der Waals surface area contributed by atoms with Crippen molar-refractivity contribution in [2.75, 3.05) is 44.2 Å². The van der Waals surface area contributed by atoms with Crippen LogP contribution in [0.3, 0.4) is 0 Å². The number of nitrogens with one attached hydrogen (secondary N) is 3. The largest absolute Gasteiger partial charge is 0.368 e. The van der Waals surface area contributed by atoms with E-state index in [0.29, 0.717) is 49.6 Å². The van der Waals surface area contributed by atoms with Crippen LogP contribution >= 0.6 is 11.6 Å². The summed E-state index contributed by atoms with van der Waals surface area (Å²) in [6.45, 7) is 10.8. The molecule has 1 unspecified atom stereocenters. The van der Waals surface area contributed by atoms with E-state index in [4.69, 9.17) is 11.6 Å². The summed E-state index contributed by atoms with van der Waals surface area (Å²) in [5, 5.41) is 10.7. The van der Waals surface area contributed by atoms with Crippen LogP contribution in [0.5, 0.6) is 0 Å². The molecule has 8 nitrogen and oxygen atoms in total. The third kappa shape index (κ3) is 7.69. The normalized spacial score (nSPS) is 22.9. The second kappa shape index (κ2) is 14.3. The summed E-state index contributed by atoms with van der Waals surface area (Å²) in [6.07, 6.45) is 1.02. The summed E-state index contributed by atoms with van der Waals surface area (Å²) in [5.41, 5.74) is 5.93. The highest BCUT2D eigenvalue weighted by molar-refractivity contribution is 6.30. The van der Waals surface area contributed by atoms with Gasteiger partial charge in [0.1, 0.15) is 6.04 Å². The van der Waals surface area contributed by atoms with Gasteiger partial charge in [-0.1, -0.05) is 66.2 Å². The van der Waals surface area contributed by atoms with Crippen LogP contribution in [-0.2, 0) is 35.5 Å². The van der Waals surface area contributed by atoms with E-state index >= 15 is 0 Å². The van der Waals surface area contributed by atoms with E-state index in [2.05, 4.69) is 76.0 Å². The highest BCUT2D eigenvalue weighted by Crippen LogP contribution is 2.25. The number of fused-ring (bicyclic) bond motifs is 1. The van der Waals surface area contributed by atoms with Crippen molar-refractivity contribution in [3.05, 3.63) is 100 Å². The molecule has 0 aliphatic carbocycles. The third-order valence-corrected chi connectivity index (χ3v) is 9.81. The molecule has 0 aromatic heterocycles. The van der Waals surface area contributed by atoms with Crippen molar-refractivity contribution in [3.8, 4) is 0 Å². The first-order valence-electron chi connectivity index (χ1n) is 16.3. The zero-order chi connectivity index (χ0) is 31.3. The molecule has 0 spiro atoms. The number of benzene rings is 3. The van der Waals surface area contributed by atoms with Crippen molar-refractivity contribution in [3.63, 3.8) is 0 Å². The Labute approximate surface area is 272 Å². The molecule has 6 rings (SSSR count). The van der Waals surface area contributed by atoms with Crippen LogP contribution in [0, 0.1) is 0 Å². The Morgan fingerprint density at radius 3 is 2.40 bits per heavy atom. The van der Waals surface area contributed by atoms with Gasteiger partial charge < -0.3 is 25.8 Å². The van der Waals surface area contributed by atoms with E-state index in [-0.39, 0.29) is 17.9 Å². The minimum Gasteiger partial charge on any atom is -0.368 e. The van der Waals surface area contributed by atoms with Crippen molar-refractivity contribution < 1.29 is 9.59 Å². The van der Waals surface area contributed by atoms with Crippen molar-refractivity contribution in [1.82, 2.24) is 25.8 Å². The first kappa shape index (κ1) is 31.5. The van der Waals surface area contributed by atoms with Crippen molar-refractivity contribution in [1.29, 1.82) is 0 Å². The Hall–Kier alpha value is -3.43. The van der Waals surface area contributed by atoms with Crippen LogP contribution in [0.25, 0.3) is 0 Å². The number of carbonyl (C=O) groups is 2. The molecule has 0 saturated carbocycles. The Bertz CT molecular complexity index is 1470. The average Bonchev–Trinajstić information content (AvgIpc) is 3.07. The zero-order valence-corrected chi connectivity index (χ0v) is 27.1. The smallest absolute Gasteiger partial charge is 0.245 e. The van der Waals surface area contributed by atoms with Gasteiger partial charge in [0.05, 0.1) is 6.04 Å². The second-order valence-electron chi connectivity index (χ2n) is 12.8. The number of halogens is 1. The molecule has 3 aromatic rings. The number of amides is 2. The monoisotopic (exact) mass is 628 g/mol. The van der Waals surface area contributed by atoms with Crippen molar-refractivity contribution in [2.45, 2.75) is 63.9 Å². The van der Waals surface area contributed by atoms with Crippen LogP contribution in [0.4, 0.5) is 5.69 Å². The fourth-order valence-electron chi connectivity index (χ4n) is 6.85. The minimum absolute atomic E-state index is 0.0360. The molecular formula is C36H45ClN6O2. The number of anilines is 1. The Morgan fingerprint density at radius 2 is 1.62 bits per heavy atom. The van der Waals surface area contributed by atoms with E-state index in [9.17, 15) is 9.59 Å². The second-order valence-corrected chi connectivity index (χ2v) is 13.3. The maximum Gasteiger partial charge on any atom is 0.245 e. The Balaban J connectivity index is 1.12. The van der Waals surface area contributed by atoms with Gasteiger partial charge in [0, 0.05) is 81.6 Å². The number of carbonyl (C=O) groups excluding carboxylic acids is 2. The van der Waals surface area contributed by atoms with Gasteiger partial charge in [-0.2, -0.15) is 0 Å². The SMILES string of the molecule is C[C@@H]1CN(Cc2ccccc2N2CCN(C(=O)C(Cc3ccc(Cl)cc3)NC(=O)[C@H]3Cc4ccccc4CN3)CC2)[C@@H](C)CN1. The maximum atomic E-state index is 14.1. The molecule has 3 heterocycles. The number of rotatable bonds is 8. The lowest BCUT2D eigenvalue weighted by Gasteiger charge is -2.40. The number of para-hydroxylation sites is 1. The maximum absolute atomic E-state index is 14.1. The Morgan fingerprint density at radius 1 is 0.911 bits per heavy atom. The van der Waals surface area contributed by atoms with E-state index in [1.165, 1.54) is 22.4 Å². The lowest BCUT2D eigenvalue weighted by atomic mass is 9.95. The molecule has 4 atom stereocenters. The molecule has 3 aromatic carbocycles. The van der Waals surface area contributed by atoms with E-state index in [1.807, 2.05) is 41.3 Å². The average molecular weight is 629 g/mol. The van der Waals surface area contributed by atoms with Crippen molar-refractivity contribution in [2.24, 2.45) is 0 Å². The molecule has 238 valence electrons. The molecule has 3 aliphatic rings. The predicted molar refractivity (Wildman–Crippen MR) is 180 cm³/mol. The summed E-state index contributed by atoms with van der Waals surface area (Å²) in [7, 11) is 0. The molecule has 0 bridgehead atoms. The third-order valence-electron chi connectivity index (χ3n) is 9.56. The number of piperazine rings is 2. The van der Waals surface area contributed by atoms with Crippen LogP contribution in [-0.4, -0.2) is 85.1 Å². The molecule has 0 radical (unpaired) electrons. The molecule has 3 N–H and O–H groups in total. The van der Waals surface area contributed by atoms with Gasteiger partial charge in [-0.3, -0.25) is 14.5 Å². The van der Waals surface area contributed by atoms with Gasteiger partial charge >= 0.3 is 0 Å². The minimum atomic E-state index is -0.660. The van der Waals surface area contributed by atoms with Crippen molar-refractivity contribution >= 4 is 29.1 Å². The molecular weight excluding hydrogens is 584 g/mol. The van der Waals surface area contributed by atoms with E-state index in [1.54, 1.807) is 0 Å². The first-order chi connectivity index (χ1) is 21.8. The van der Waals surface area contributed by atoms with Crippen LogP contribution in [0.2, 0.25) is 5.02 Å². The van der Waals surface area contributed by atoms with Crippen LogP contribution < -0.4 is 20.9 Å². The van der Waals surface area contributed by atoms with Crippen LogP contribution in [0.1, 0.15) is 36.1 Å². The van der Waals surface area contributed by atoms with E-state index in [0.717, 1.165) is 38.3 Å². The molecule has 2 amide bonds. The highest BCUT2D eigenvalue weighted by Gasteiger charge is 2.33. The topological polar surface area (TPSA) is 80.0 Å². The standard InChI is InChI=1S/C36H45ClN6O2/c1-25-23-43(26(2)21-38-25)24-30-9-5-6-10-34(30)41-15-17-42(18-16-41)36(45)33(19-27-11-13-31(37)14-12-27)40-35(44)32-20-28-7-3-4-8-29(28)22-39-32/h3-14,25-26,32-33,38-39H,15-24H2,1-2H3,(H,40,44)/t25-,26+,32-,33?/m1/s1. The van der Waals surface area contributed by atoms with Gasteiger partial charge in [0.2, 0.25) is 11.8 Å². The molecule has 3 aliphatic heterocycles. The fraction of sp³-hybridized carbons (Fsp3) is 0.444. The van der Waals surface area contributed by atoms with Gasteiger partial charge in [0.25, 0.3) is 0 Å². The summed E-state index contributed by atoms with van der Waals surface area (Å²) < 4.78 is 0. The molecule has 9 heteroatoms. The molecule has 2 saturated heterocycles. The van der Waals surface area contributed by atoms with Gasteiger partial charge in [0.15, 0.2) is 0 Å². The summed E-state index contributed by atoms with van der Waals surface area (Å²) >= 11 is 6.14. The highest BCUT2D eigenvalue weighted by atomic mass is 35.5.